The molecule has 1 fully saturated rings. The zero-order chi connectivity index (χ0) is 13.5. The molecule has 0 spiro atoms. The van der Waals surface area contributed by atoms with Crippen LogP contribution in [0.2, 0.25) is 5.15 Å². The third-order valence-electron chi connectivity index (χ3n) is 2.98. The number of amides is 1. The lowest BCUT2D eigenvalue weighted by Gasteiger charge is -2.22. The van der Waals surface area contributed by atoms with Crippen molar-refractivity contribution in [2.75, 3.05) is 25.0 Å². The van der Waals surface area contributed by atoms with Gasteiger partial charge in [0, 0.05) is 11.9 Å². The van der Waals surface area contributed by atoms with Gasteiger partial charge in [0.1, 0.15) is 5.15 Å². The summed E-state index contributed by atoms with van der Waals surface area (Å²) in [6, 6.07) is 3.32. The molecule has 1 aliphatic rings. The first-order valence-electron chi connectivity index (χ1n) is 6.48. The molecule has 2 rings (SSSR count). The molecule has 0 unspecified atom stereocenters. The predicted octanol–water partition coefficient (Wildman–Crippen LogP) is 1.83. The van der Waals surface area contributed by atoms with Crippen molar-refractivity contribution in [1.29, 1.82) is 0 Å². The Balaban J connectivity index is 1.67. The number of anilines is 1. The first-order valence-corrected chi connectivity index (χ1v) is 6.85. The van der Waals surface area contributed by atoms with Gasteiger partial charge in [0.25, 0.3) is 0 Å². The Morgan fingerprint density at radius 1 is 1.53 bits per heavy atom. The summed E-state index contributed by atoms with van der Waals surface area (Å²) in [6.07, 6.45) is 4.22. The van der Waals surface area contributed by atoms with Crippen molar-refractivity contribution in [3.05, 3.63) is 23.5 Å². The van der Waals surface area contributed by atoms with Crippen molar-refractivity contribution >= 4 is 23.2 Å². The van der Waals surface area contributed by atoms with Gasteiger partial charge in [-0.05, 0) is 38.1 Å². The third kappa shape index (κ3) is 5.14. The monoisotopic (exact) mass is 283 g/mol. The van der Waals surface area contributed by atoms with E-state index in [0.29, 0.717) is 23.9 Å². The number of pyridine rings is 1. The molecular formula is C13H18ClN3O2. The summed E-state index contributed by atoms with van der Waals surface area (Å²) in [5.41, 5.74) is 0.659. The lowest BCUT2D eigenvalue weighted by atomic mass is 10.1. The molecule has 1 saturated heterocycles. The Bertz CT molecular complexity index is 422. The van der Waals surface area contributed by atoms with Gasteiger partial charge in [0.15, 0.2) is 0 Å². The quantitative estimate of drug-likeness (QED) is 0.810. The number of ether oxygens (including phenoxy) is 1. The number of hydrogen-bond acceptors (Lipinski definition) is 4. The van der Waals surface area contributed by atoms with Crippen molar-refractivity contribution in [1.82, 2.24) is 10.3 Å². The first kappa shape index (κ1) is 14.2. The molecule has 0 aromatic carbocycles. The second kappa shape index (κ2) is 7.43. The SMILES string of the molecule is O=C(CCOC1CCNCC1)Nc1ccnc(Cl)c1. The van der Waals surface area contributed by atoms with Crippen molar-refractivity contribution in [2.24, 2.45) is 0 Å². The van der Waals surface area contributed by atoms with Gasteiger partial charge in [-0.15, -0.1) is 0 Å². The van der Waals surface area contributed by atoms with Crippen LogP contribution in [0, 0.1) is 0 Å². The summed E-state index contributed by atoms with van der Waals surface area (Å²) in [6.45, 7) is 2.44. The van der Waals surface area contributed by atoms with Gasteiger partial charge < -0.3 is 15.4 Å². The smallest absolute Gasteiger partial charge is 0.226 e. The van der Waals surface area contributed by atoms with Crippen LogP contribution < -0.4 is 10.6 Å². The minimum absolute atomic E-state index is 0.0730. The summed E-state index contributed by atoms with van der Waals surface area (Å²) in [5.74, 6) is -0.0730. The van der Waals surface area contributed by atoms with Crippen LogP contribution in [0.3, 0.4) is 0 Å². The molecule has 0 aliphatic carbocycles. The molecular weight excluding hydrogens is 266 g/mol. The molecule has 1 amide bonds. The fourth-order valence-electron chi connectivity index (χ4n) is 1.98. The van der Waals surface area contributed by atoms with E-state index in [0.717, 1.165) is 25.9 Å². The summed E-state index contributed by atoms with van der Waals surface area (Å²) in [5, 5.41) is 6.40. The van der Waals surface area contributed by atoms with Gasteiger partial charge in [-0.3, -0.25) is 4.79 Å². The normalized spacial score (nSPS) is 16.3. The molecule has 0 atom stereocenters. The lowest BCUT2D eigenvalue weighted by molar-refractivity contribution is -0.117. The maximum absolute atomic E-state index is 11.7. The average Bonchev–Trinajstić information content (AvgIpc) is 2.40. The summed E-state index contributed by atoms with van der Waals surface area (Å²) in [4.78, 5) is 15.6. The van der Waals surface area contributed by atoms with Gasteiger partial charge in [-0.25, -0.2) is 4.98 Å². The number of carbonyl (C=O) groups is 1. The second-order valence-electron chi connectivity index (χ2n) is 4.49. The predicted molar refractivity (Wildman–Crippen MR) is 74.3 cm³/mol. The number of rotatable bonds is 5. The van der Waals surface area contributed by atoms with Crippen LogP contribution in [0.1, 0.15) is 19.3 Å². The van der Waals surface area contributed by atoms with Crippen molar-refractivity contribution in [2.45, 2.75) is 25.4 Å². The number of piperidine rings is 1. The average molecular weight is 284 g/mol. The Morgan fingerprint density at radius 2 is 2.32 bits per heavy atom. The van der Waals surface area contributed by atoms with E-state index >= 15 is 0 Å². The van der Waals surface area contributed by atoms with E-state index < -0.39 is 0 Å². The number of carbonyl (C=O) groups excluding carboxylic acids is 1. The second-order valence-corrected chi connectivity index (χ2v) is 4.87. The van der Waals surface area contributed by atoms with Crippen LogP contribution in [0.4, 0.5) is 5.69 Å². The standard InChI is InChI=1S/C13H18ClN3O2/c14-12-9-10(1-7-16-12)17-13(18)4-8-19-11-2-5-15-6-3-11/h1,7,9,11,15H,2-6,8H2,(H,16,17,18). The minimum Gasteiger partial charge on any atom is -0.378 e. The Hall–Kier alpha value is -1.17. The molecule has 0 saturated carbocycles. The molecule has 1 aliphatic heterocycles. The number of aromatic nitrogens is 1. The zero-order valence-corrected chi connectivity index (χ0v) is 11.4. The number of nitrogens with one attached hydrogen (secondary N) is 2. The minimum atomic E-state index is -0.0730. The lowest BCUT2D eigenvalue weighted by Crippen LogP contribution is -2.33. The van der Waals surface area contributed by atoms with Gasteiger partial charge >= 0.3 is 0 Å². The van der Waals surface area contributed by atoms with E-state index in [4.69, 9.17) is 16.3 Å². The summed E-state index contributed by atoms with van der Waals surface area (Å²) >= 11 is 5.74. The van der Waals surface area contributed by atoms with Gasteiger partial charge in [-0.2, -0.15) is 0 Å². The van der Waals surface area contributed by atoms with E-state index in [9.17, 15) is 4.79 Å². The summed E-state index contributed by atoms with van der Waals surface area (Å²) in [7, 11) is 0. The molecule has 104 valence electrons. The summed E-state index contributed by atoms with van der Waals surface area (Å²) < 4.78 is 5.68. The van der Waals surface area contributed by atoms with E-state index in [1.807, 2.05) is 0 Å². The highest BCUT2D eigenvalue weighted by Gasteiger charge is 2.13. The van der Waals surface area contributed by atoms with Crippen molar-refractivity contribution < 1.29 is 9.53 Å². The van der Waals surface area contributed by atoms with E-state index in [-0.39, 0.29) is 12.0 Å². The highest BCUT2D eigenvalue weighted by atomic mass is 35.5. The third-order valence-corrected chi connectivity index (χ3v) is 3.19. The zero-order valence-electron chi connectivity index (χ0n) is 10.7. The maximum atomic E-state index is 11.7. The largest absolute Gasteiger partial charge is 0.378 e. The van der Waals surface area contributed by atoms with Crippen LogP contribution in [-0.4, -0.2) is 36.7 Å². The maximum Gasteiger partial charge on any atom is 0.226 e. The Kier molecular flexibility index (Phi) is 5.57. The van der Waals surface area contributed by atoms with E-state index in [1.165, 1.54) is 0 Å². The number of hydrogen-bond donors (Lipinski definition) is 2. The van der Waals surface area contributed by atoms with Crippen molar-refractivity contribution in [3.8, 4) is 0 Å². The number of halogens is 1. The molecule has 0 radical (unpaired) electrons. The van der Waals surface area contributed by atoms with Crippen LogP contribution in [-0.2, 0) is 9.53 Å². The molecule has 1 aromatic rings. The molecule has 6 heteroatoms. The molecule has 1 aromatic heterocycles. The van der Waals surface area contributed by atoms with Crippen molar-refractivity contribution in [3.63, 3.8) is 0 Å². The molecule has 5 nitrogen and oxygen atoms in total. The Labute approximate surface area is 117 Å². The Morgan fingerprint density at radius 3 is 3.05 bits per heavy atom. The van der Waals surface area contributed by atoms with Crippen LogP contribution in [0.25, 0.3) is 0 Å². The van der Waals surface area contributed by atoms with Gasteiger partial charge in [0.05, 0.1) is 19.1 Å². The van der Waals surface area contributed by atoms with Crippen LogP contribution in [0.15, 0.2) is 18.3 Å². The fraction of sp³-hybridized carbons (Fsp3) is 0.538. The van der Waals surface area contributed by atoms with E-state index in [1.54, 1.807) is 18.3 Å². The molecule has 2 N–H and O–H groups in total. The topological polar surface area (TPSA) is 63.2 Å². The molecule has 0 bridgehead atoms. The first-order chi connectivity index (χ1) is 9.24. The number of nitrogens with zero attached hydrogens (tertiary/aromatic N) is 1. The van der Waals surface area contributed by atoms with Gasteiger partial charge in [-0.1, -0.05) is 11.6 Å². The highest BCUT2D eigenvalue weighted by molar-refractivity contribution is 6.29. The molecule has 2 heterocycles. The van der Waals surface area contributed by atoms with Crippen LogP contribution >= 0.6 is 11.6 Å². The van der Waals surface area contributed by atoms with Crippen LogP contribution in [0.5, 0.6) is 0 Å². The van der Waals surface area contributed by atoms with E-state index in [2.05, 4.69) is 15.6 Å². The highest BCUT2D eigenvalue weighted by Crippen LogP contribution is 2.12. The fourth-order valence-corrected chi connectivity index (χ4v) is 2.16. The van der Waals surface area contributed by atoms with Gasteiger partial charge in [0.2, 0.25) is 5.91 Å². The molecule has 19 heavy (non-hydrogen) atoms.